The molecule has 0 N–H and O–H groups in total. The number of rotatable bonds is 4. The molecule has 1 fully saturated rings. The minimum Gasteiger partial charge on any atom is -0.345 e. The summed E-state index contributed by atoms with van der Waals surface area (Å²) in [5, 5.41) is 2.74. The van der Waals surface area contributed by atoms with Crippen molar-refractivity contribution in [2.45, 2.75) is 19.4 Å². The van der Waals surface area contributed by atoms with E-state index in [1.807, 2.05) is 0 Å². The highest BCUT2D eigenvalue weighted by Crippen LogP contribution is 2.24. The molecular weight excluding hydrogens is 270 g/mol. The van der Waals surface area contributed by atoms with E-state index < -0.39 is 0 Å². The third kappa shape index (κ3) is 2.84. The van der Waals surface area contributed by atoms with E-state index in [9.17, 15) is 4.79 Å². The third-order valence-electron chi connectivity index (χ3n) is 3.42. The first-order valence-corrected chi connectivity index (χ1v) is 7.57. The van der Waals surface area contributed by atoms with Gasteiger partial charge in [-0.2, -0.15) is 0 Å². The maximum absolute atomic E-state index is 11.5. The molecule has 0 bridgehead atoms. The lowest BCUT2D eigenvalue weighted by Gasteiger charge is -2.39. The molecule has 1 atom stereocenters. The molecule has 0 radical (unpaired) electrons. The fraction of sp³-hybridized carbons (Fsp3) is 0.667. The lowest BCUT2D eigenvalue weighted by Crippen LogP contribution is -2.51. The molecule has 2 heterocycles. The van der Waals surface area contributed by atoms with E-state index in [0.717, 1.165) is 31.2 Å². The van der Waals surface area contributed by atoms with Crippen LogP contribution in [-0.2, 0) is 0 Å². The molecule has 1 aliphatic heterocycles. The molecule has 0 amide bonds. The molecule has 0 aliphatic carbocycles. The Hall–Kier alpha value is -0.650. The van der Waals surface area contributed by atoms with E-state index in [4.69, 9.17) is 11.6 Å². The highest BCUT2D eigenvalue weighted by molar-refractivity contribution is 7.14. The number of hydrogen-bond donors (Lipinski definition) is 0. The number of ketones is 1. The Morgan fingerprint density at radius 3 is 3.06 bits per heavy atom. The van der Waals surface area contributed by atoms with Crippen LogP contribution in [0, 0.1) is 0 Å². The molecule has 4 nitrogen and oxygen atoms in total. The third-order valence-corrected chi connectivity index (χ3v) is 4.56. The van der Waals surface area contributed by atoms with Gasteiger partial charge >= 0.3 is 0 Å². The topological polar surface area (TPSA) is 36.4 Å². The molecule has 1 aromatic rings. The zero-order chi connectivity index (χ0) is 13.1. The Labute approximate surface area is 117 Å². The van der Waals surface area contributed by atoms with Gasteiger partial charge in [-0.1, -0.05) is 6.92 Å². The van der Waals surface area contributed by atoms with Gasteiger partial charge in [-0.3, -0.25) is 9.69 Å². The summed E-state index contributed by atoms with van der Waals surface area (Å²) in [6.07, 6.45) is 1.13. The lowest BCUT2D eigenvalue weighted by molar-refractivity contribution is 0.101. The van der Waals surface area contributed by atoms with Crippen LogP contribution in [0.2, 0.25) is 0 Å². The van der Waals surface area contributed by atoms with Crippen LogP contribution in [0.1, 0.15) is 23.8 Å². The zero-order valence-electron chi connectivity index (χ0n) is 10.7. The number of aromatic nitrogens is 1. The molecule has 0 aromatic carbocycles. The van der Waals surface area contributed by atoms with Gasteiger partial charge < -0.3 is 4.90 Å². The van der Waals surface area contributed by atoms with Crippen LogP contribution in [0.3, 0.4) is 0 Å². The summed E-state index contributed by atoms with van der Waals surface area (Å²) in [6.45, 7) is 5.19. The molecule has 2 rings (SSSR count). The van der Waals surface area contributed by atoms with Gasteiger partial charge in [-0.25, -0.2) is 4.98 Å². The first-order chi connectivity index (χ1) is 8.65. The second-order valence-electron chi connectivity index (χ2n) is 4.56. The van der Waals surface area contributed by atoms with Gasteiger partial charge in [-0.05, 0) is 13.5 Å². The highest BCUT2D eigenvalue weighted by atomic mass is 35.5. The van der Waals surface area contributed by atoms with Crippen molar-refractivity contribution in [3.05, 3.63) is 11.1 Å². The summed E-state index contributed by atoms with van der Waals surface area (Å²) >= 11 is 7.07. The van der Waals surface area contributed by atoms with Crippen molar-refractivity contribution < 1.29 is 4.79 Å². The van der Waals surface area contributed by atoms with Crippen molar-refractivity contribution >= 4 is 33.9 Å². The van der Waals surface area contributed by atoms with Crippen LogP contribution >= 0.6 is 22.9 Å². The number of nitrogens with zero attached hydrogens (tertiary/aromatic N) is 3. The van der Waals surface area contributed by atoms with Gasteiger partial charge in [0.1, 0.15) is 5.69 Å². The SMILES string of the molecule is CCC1CN(c2nc(C(=O)CCl)cs2)CCN1C. The number of piperazine rings is 1. The maximum atomic E-state index is 11.5. The fourth-order valence-electron chi connectivity index (χ4n) is 2.17. The second-order valence-corrected chi connectivity index (χ2v) is 5.66. The van der Waals surface area contributed by atoms with Crippen molar-refractivity contribution in [2.24, 2.45) is 0 Å². The Morgan fingerprint density at radius 2 is 2.39 bits per heavy atom. The van der Waals surface area contributed by atoms with Crippen LogP contribution in [-0.4, -0.2) is 54.3 Å². The van der Waals surface area contributed by atoms with E-state index in [-0.39, 0.29) is 11.7 Å². The predicted octanol–water partition coefficient (Wildman–Crippen LogP) is 2.09. The number of halogens is 1. The normalized spacial score (nSPS) is 21.3. The van der Waals surface area contributed by atoms with E-state index in [1.165, 1.54) is 11.3 Å². The van der Waals surface area contributed by atoms with Crippen molar-refractivity contribution in [3.63, 3.8) is 0 Å². The summed E-state index contributed by atoms with van der Waals surface area (Å²) in [6, 6.07) is 0.565. The van der Waals surface area contributed by atoms with Gasteiger partial charge in [0.2, 0.25) is 0 Å². The molecule has 1 unspecified atom stereocenters. The average molecular weight is 288 g/mol. The summed E-state index contributed by atoms with van der Waals surface area (Å²) < 4.78 is 0. The van der Waals surface area contributed by atoms with E-state index in [2.05, 4.69) is 28.8 Å². The predicted molar refractivity (Wildman–Crippen MR) is 76.1 cm³/mol. The Kier molecular flexibility index (Phi) is 4.59. The molecule has 6 heteroatoms. The average Bonchev–Trinajstić information content (AvgIpc) is 2.88. The smallest absolute Gasteiger partial charge is 0.196 e. The quantitative estimate of drug-likeness (QED) is 0.628. The van der Waals surface area contributed by atoms with Crippen molar-refractivity contribution in [3.8, 4) is 0 Å². The number of hydrogen-bond acceptors (Lipinski definition) is 5. The van der Waals surface area contributed by atoms with E-state index in [1.54, 1.807) is 5.38 Å². The van der Waals surface area contributed by atoms with E-state index in [0.29, 0.717) is 11.7 Å². The lowest BCUT2D eigenvalue weighted by atomic mass is 10.1. The van der Waals surface area contributed by atoms with Crippen LogP contribution in [0.15, 0.2) is 5.38 Å². The zero-order valence-corrected chi connectivity index (χ0v) is 12.3. The molecule has 1 aromatic heterocycles. The minimum absolute atomic E-state index is 0.00347. The van der Waals surface area contributed by atoms with Crippen molar-refractivity contribution in [1.82, 2.24) is 9.88 Å². The molecular formula is C12H18ClN3OS. The van der Waals surface area contributed by atoms with Crippen LogP contribution in [0.5, 0.6) is 0 Å². The number of likely N-dealkylation sites (N-methyl/N-ethyl adjacent to an activating group) is 1. The van der Waals surface area contributed by atoms with Gasteiger partial charge in [0.25, 0.3) is 0 Å². The molecule has 1 aliphatic rings. The summed E-state index contributed by atoms with van der Waals surface area (Å²) in [4.78, 5) is 20.5. The molecule has 1 saturated heterocycles. The number of alkyl halides is 1. The molecule has 18 heavy (non-hydrogen) atoms. The molecule has 0 spiro atoms. The molecule has 0 saturated carbocycles. The Morgan fingerprint density at radius 1 is 1.61 bits per heavy atom. The Balaban J connectivity index is 2.07. The number of thiazole rings is 1. The van der Waals surface area contributed by atoms with Gasteiger partial charge in [0.15, 0.2) is 10.9 Å². The maximum Gasteiger partial charge on any atom is 0.196 e. The summed E-state index contributed by atoms with van der Waals surface area (Å²) in [5.74, 6) is -0.0934. The summed E-state index contributed by atoms with van der Waals surface area (Å²) in [5.41, 5.74) is 0.497. The number of carbonyl (C=O) groups excluding carboxylic acids is 1. The van der Waals surface area contributed by atoms with Crippen molar-refractivity contribution in [1.29, 1.82) is 0 Å². The second kappa shape index (κ2) is 5.99. The minimum atomic E-state index is -0.0969. The van der Waals surface area contributed by atoms with Crippen molar-refractivity contribution in [2.75, 3.05) is 37.5 Å². The summed E-state index contributed by atoms with van der Waals surface area (Å²) in [7, 11) is 2.16. The first-order valence-electron chi connectivity index (χ1n) is 6.15. The van der Waals surface area contributed by atoms with Crippen LogP contribution in [0.25, 0.3) is 0 Å². The number of Topliss-reactive ketones (excluding diaryl/α,β-unsaturated/α-hetero) is 1. The van der Waals surface area contributed by atoms with Crippen LogP contribution in [0.4, 0.5) is 5.13 Å². The number of anilines is 1. The highest BCUT2D eigenvalue weighted by Gasteiger charge is 2.25. The largest absolute Gasteiger partial charge is 0.345 e. The standard InChI is InChI=1S/C12H18ClN3OS/c1-3-9-7-16(5-4-15(9)2)12-14-10(8-18-12)11(17)6-13/h8-9H,3-7H2,1-2H3. The van der Waals surface area contributed by atoms with Crippen LogP contribution < -0.4 is 4.90 Å². The van der Waals surface area contributed by atoms with Gasteiger partial charge in [-0.15, -0.1) is 22.9 Å². The van der Waals surface area contributed by atoms with Gasteiger partial charge in [0, 0.05) is 31.1 Å². The van der Waals surface area contributed by atoms with E-state index >= 15 is 0 Å². The molecule has 100 valence electrons. The number of carbonyl (C=O) groups is 1. The van der Waals surface area contributed by atoms with Gasteiger partial charge in [0.05, 0.1) is 5.88 Å². The first kappa shape index (κ1) is 13.8. The monoisotopic (exact) mass is 287 g/mol. The fourth-order valence-corrected chi connectivity index (χ4v) is 3.17. The Bertz CT molecular complexity index is 423.